The fourth-order valence-corrected chi connectivity index (χ4v) is 3.98. The number of nitrogens with one attached hydrogen (secondary N) is 1. The highest BCUT2D eigenvalue weighted by molar-refractivity contribution is 5.90. The first-order valence-corrected chi connectivity index (χ1v) is 10.8. The number of hydrogen-bond donors (Lipinski definition) is 1. The van der Waals surface area contributed by atoms with Gasteiger partial charge in [0.05, 0.1) is 0 Å². The van der Waals surface area contributed by atoms with Gasteiger partial charge in [0.25, 0.3) is 0 Å². The van der Waals surface area contributed by atoms with E-state index >= 15 is 0 Å². The largest absolute Gasteiger partial charge is 0.489 e. The molecule has 2 atom stereocenters. The molecule has 0 bridgehead atoms. The van der Waals surface area contributed by atoms with Crippen molar-refractivity contribution in [2.75, 3.05) is 5.32 Å². The summed E-state index contributed by atoms with van der Waals surface area (Å²) >= 11 is 0. The van der Waals surface area contributed by atoms with E-state index in [4.69, 9.17) is 4.74 Å². The minimum atomic E-state index is -5.03. The van der Waals surface area contributed by atoms with E-state index in [0.717, 1.165) is 12.8 Å². The van der Waals surface area contributed by atoms with E-state index in [2.05, 4.69) is 10.3 Å². The van der Waals surface area contributed by atoms with Crippen LogP contribution in [0.3, 0.4) is 0 Å². The molecule has 3 rings (SSSR count). The van der Waals surface area contributed by atoms with Crippen molar-refractivity contribution in [2.45, 2.75) is 71.1 Å². The molecule has 5 nitrogen and oxygen atoms in total. The second-order valence-corrected chi connectivity index (χ2v) is 8.32. The highest BCUT2D eigenvalue weighted by Crippen LogP contribution is 2.34. The van der Waals surface area contributed by atoms with E-state index in [9.17, 15) is 31.1 Å². The Balaban J connectivity index is 1.77. The van der Waals surface area contributed by atoms with Gasteiger partial charge in [0.1, 0.15) is 23.7 Å². The van der Waals surface area contributed by atoms with Gasteiger partial charge in [-0.25, -0.2) is 9.78 Å². The van der Waals surface area contributed by atoms with Crippen molar-refractivity contribution in [2.24, 2.45) is 0 Å². The van der Waals surface area contributed by atoms with Crippen LogP contribution >= 0.6 is 0 Å². The molecule has 2 aromatic rings. The molecule has 2 unspecified atom stereocenters. The number of anilines is 1. The van der Waals surface area contributed by atoms with Crippen molar-refractivity contribution in [1.82, 2.24) is 9.88 Å². The second kappa shape index (κ2) is 9.71. The number of nitrogens with zero attached hydrogens (tertiary/aromatic N) is 2. The predicted molar refractivity (Wildman–Crippen MR) is 113 cm³/mol. The zero-order valence-corrected chi connectivity index (χ0v) is 18.8. The van der Waals surface area contributed by atoms with Gasteiger partial charge in [0.2, 0.25) is 0 Å². The number of carbonyl (C=O) groups excluding carboxylic acids is 1. The lowest BCUT2D eigenvalue weighted by Gasteiger charge is -2.26. The number of pyridine rings is 1. The monoisotopic (exact) mass is 489 g/mol. The summed E-state index contributed by atoms with van der Waals surface area (Å²) in [4.78, 5) is 17.1. The van der Waals surface area contributed by atoms with Gasteiger partial charge in [0.15, 0.2) is 0 Å². The van der Waals surface area contributed by atoms with Crippen LogP contribution in [0.4, 0.5) is 36.8 Å². The Hall–Kier alpha value is -2.98. The number of aryl methyl sites for hydroxylation is 1. The van der Waals surface area contributed by atoms with Crippen LogP contribution in [-0.2, 0) is 25.4 Å². The molecule has 0 radical (unpaired) electrons. The number of carbonyl (C=O) groups is 1. The SMILES string of the molecule is CCc1cc(NC(=O)N2C(C)CCC2C)ccc1OCc1cc(C(F)(F)F)nc(C(F)(F)F)c1. The number of benzene rings is 1. The lowest BCUT2D eigenvalue weighted by atomic mass is 10.1. The third-order valence-corrected chi connectivity index (χ3v) is 5.74. The lowest BCUT2D eigenvalue weighted by Crippen LogP contribution is -2.41. The van der Waals surface area contributed by atoms with E-state index < -0.39 is 30.3 Å². The van der Waals surface area contributed by atoms with Crippen molar-refractivity contribution < 1.29 is 35.9 Å². The number of hydrogen-bond acceptors (Lipinski definition) is 3. The first kappa shape index (κ1) is 25.6. The van der Waals surface area contributed by atoms with Gasteiger partial charge in [0, 0.05) is 17.8 Å². The summed E-state index contributed by atoms with van der Waals surface area (Å²) < 4.78 is 83.7. The Kier molecular flexibility index (Phi) is 7.32. The van der Waals surface area contributed by atoms with Gasteiger partial charge in [-0.2, -0.15) is 26.3 Å². The molecule has 0 spiro atoms. The number of ether oxygens (including phenoxy) is 1. The van der Waals surface area contributed by atoms with Crippen LogP contribution in [0.25, 0.3) is 0 Å². The van der Waals surface area contributed by atoms with E-state index in [1.165, 1.54) is 6.07 Å². The molecule has 34 heavy (non-hydrogen) atoms. The third kappa shape index (κ3) is 5.92. The van der Waals surface area contributed by atoms with E-state index in [1.807, 2.05) is 20.8 Å². The number of urea groups is 1. The molecular formula is C23H25F6N3O2. The molecule has 1 aliphatic rings. The van der Waals surface area contributed by atoms with Crippen molar-refractivity contribution in [3.05, 3.63) is 52.8 Å². The van der Waals surface area contributed by atoms with Gasteiger partial charge in [-0.1, -0.05) is 6.92 Å². The standard InChI is InChI=1S/C23H25F6N3O2/c1-4-16-11-17(30-21(33)32-13(2)5-6-14(32)3)7-8-18(16)34-12-15-9-19(22(24,25)26)31-20(10-15)23(27,28)29/h7-11,13-14H,4-6,12H2,1-3H3,(H,30,33). The number of alkyl halides is 6. The first-order valence-electron chi connectivity index (χ1n) is 10.8. The smallest absolute Gasteiger partial charge is 0.433 e. The summed E-state index contributed by atoms with van der Waals surface area (Å²) in [6, 6.07) is 5.85. The number of halogens is 6. The number of rotatable bonds is 5. The summed E-state index contributed by atoms with van der Waals surface area (Å²) in [6.45, 7) is 5.25. The Bertz CT molecular complexity index is 996. The average Bonchev–Trinajstić information content (AvgIpc) is 3.09. The summed E-state index contributed by atoms with van der Waals surface area (Å²) in [6.07, 6.45) is -7.76. The molecule has 2 heterocycles. The zero-order valence-electron chi connectivity index (χ0n) is 18.8. The average molecular weight is 489 g/mol. The molecule has 0 aliphatic carbocycles. The topological polar surface area (TPSA) is 54.5 Å². The molecule has 11 heteroatoms. The predicted octanol–water partition coefficient (Wildman–Crippen LogP) is 6.67. The summed E-state index contributed by atoms with van der Waals surface area (Å²) in [5.74, 6) is 0.294. The molecule has 186 valence electrons. The molecule has 1 N–H and O–H groups in total. The lowest BCUT2D eigenvalue weighted by molar-refractivity contribution is -0.150. The summed E-state index contributed by atoms with van der Waals surface area (Å²) in [7, 11) is 0. The summed E-state index contributed by atoms with van der Waals surface area (Å²) in [5, 5.41) is 2.84. The first-order chi connectivity index (χ1) is 15.8. The van der Waals surface area contributed by atoms with E-state index in [-0.39, 0.29) is 23.7 Å². The number of amides is 2. The van der Waals surface area contributed by atoms with Crippen LogP contribution in [0.1, 0.15) is 56.1 Å². The Morgan fingerprint density at radius 3 is 2.09 bits per heavy atom. The van der Waals surface area contributed by atoms with Crippen LogP contribution in [0.2, 0.25) is 0 Å². The van der Waals surface area contributed by atoms with Gasteiger partial charge in [-0.15, -0.1) is 0 Å². The minimum absolute atomic E-state index is 0.117. The second-order valence-electron chi connectivity index (χ2n) is 8.32. The highest BCUT2D eigenvalue weighted by Gasteiger charge is 2.39. The molecule has 1 aromatic carbocycles. The molecule has 2 amide bonds. The van der Waals surface area contributed by atoms with Crippen molar-refractivity contribution in [3.8, 4) is 5.75 Å². The van der Waals surface area contributed by atoms with E-state index in [0.29, 0.717) is 35.6 Å². The highest BCUT2D eigenvalue weighted by atomic mass is 19.4. The van der Waals surface area contributed by atoms with Crippen LogP contribution in [0.15, 0.2) is 30.3 Å². The maximum Gasteiger partial charge on any atom is 0.433 e. The Morgan fingerprint density at radius 2 is 1.59 bits per heavy atom. The fourth-order valence-electron chi connectivity index (χ4n) is 3.98. The van der Waals surface area contributed by atoms with Crippen LogP contribution in [0.5, 0.6) is 5.75 Å². The van der Waals surface area contributed by atoms with Crippen LogP contribution in [-0.4, -0.2) is 28.0 Å². The summed E-state index contributed by atoms with van der Waals surface area (Å²) in [5.41, 5.74) is -2.43. The van der Waals surface area contributed by atoms with Gasteiger partial charge in [-0.3, -0.25) is 0 Å². The zero-order chi connectivity index (χ0) is 25.3. The molecule has 1 fully saturated rings. The Morgan fingerprint density at radius 1 is 1.03 bits per heavy atom. The molecule has 1 saturated heterocycles. The third-order valence-electron chi connectivity index (χ3n) is 5.74. The van der Waals surface area contributed by atoms with E-state index in [1.54, 1.807) is 17.0 Å². The quantitative estimate of drug-likeness (QED) is 0.478. The maximum atomic E-state index is 13.0. The minimum Gasteiger partial charge on any atom is -0.489 e. The normalized spacial score (nSPS) is 18.8. The molecular weight excluding hydrogens is 464 g/mol. The molecule has 0 saturated carbocycles. The van der Waals surface area contributed by atoms with Crippen molar-refractivity contribution in [1.29, 1.82) is 0 Å². The fraction of sp³-hybridized carbons (Fsp3) is 0.478. The Labute approximate surface area is 193 Å². The van der Waals surface area contributed by atoms with Crippen molar-refractivity contribution in [3.63, 3.8) is 0 Å². The molecule has 1 aromatic heterocycles. The van der Waals surface area contributed by atoms with Gasteiger partial charge in [-0.05, 0) is 74.6 Å². The van der Waals surface area contributed by atoms with Crippen molar-refractivity contribution >= 4 is 11.7 Å². The maximum absolute atomic E-state index is 13.0. The van der Waals surface area contributed by atoms with Crippen LogP contribution < -0.4 is 10.1 Å². The van der Waals surface area contributed by atoms with Gasteiger partial charge >= 0.3 is 18.4 Å². The molecule has 1 aliphatic heterocycles. The van der Waals surface area contributed by atoms with Gasteiger partial charge < -0.3 is 15.0 Å². The number of likely N-dealkylation sites (tertiary alicyclic amines) is 1. The number of aromatic nitrogens is 1. The van der Waals surface area contributed by atoms with Crippen LogP contribution in [0, 0.1) is 0 Å².